The van der Waals surface area contributed by atoms with Crippen LogP contribution in [0, 0.1) is 11.7 Å². The van der Waals surface area contributed by atoms with Crippen molar-refractivity contribution >= 4 is 28.4 Å². The summed E-state index contributed by atoms with van der Waals surface area (Å²) in [6.07, 6.45) is 2.63. The largest absolute Gasteiger partial charge is 0.497 e. The molecule has 0 unspecified atom stereocenters. The fourth-order valence-electron chi connectivity index (χ4n) is 3.72. The van der Waals surface area contributed by atoms with E-state index in [9.17, 15) is 14.0 Å². The van der Waals surface area contributed by atoms with Gasteiger partial charge in [0, 0.05) is 48.4 Å². The molecule has 1 fully saturated rings. The summed E-state index contributed by atoms with van der Waals surface area (Å²) < 4.78 is 18.7. The van der Waals surface area contributed by atoms with E-state index in [2.05, 4.69) is 10.3 Å². The SMILES string of the molecule is COc1cccc(NC(=O)[C@@H]2CC(=O)N(CCc3c[nH]c4ccc(F)cc34)C2)c1. The summed E-state index contributed by atoms with van der Waals surface area (Å²) in [6, 6.07) is 11.7. The Kier molecular flexibility index (Phi) is 5.20. The molecule has 6 nitrogen and oxygen atoms in total. The predicted molar refractivity (Wildman–Crippen MR) is 108 cm³/mol. The van der Waals surface area contributed by atoms with Gasteiger partial charge in [-0.2, -0.15) is 0 Å². The van der Waals surface area contributed by atoms with Crippen molar-refractivity contribution < 1.29 is 18.7 Å². The maximum absolute atomic E-state index is 13.5. The quantitative estimate of drug-likeness (QED) is 0.672. The van der Waals surface area contributed by atoms with Gasteiger partial charge >= 0.3 is 0 Å². The zero-order valence-corrected chi connectivity index (χ0v) is 16.1. The molecule has 0 aliphatic carbocycles. The summed E-state index contributed by atoms with van der Waals surface area (Å²) in [4.78, 5) is 29.8. The van der Waals surface area contributed by atoms with E-state index in [0.29, 0.717) is 30.9 Å². The molecule has 1 aliphatic rings. The van der Waals surface area contributed by atoms with Crippen molar-refractivity contribution in [2.24, 2.45) is 5.92 Å². The van der Waals surface area contributed by atoms with Gasteiger partial charge in [0.1, 0.15) is 11.6 Å². The van der Waals surface area contributed by atoms with Crippen LogP contribution in [0.25, 0.3) is 10.9 Å². The van der Waals surface area contributed by atoms with Gasteiger partial charge in [0.25, 0.3) is 0 Å². The lowest BCUT2D eigenvalue weighted by molar-refractivity contribution is -0.128. The van der Waals surface area contributed by atoms with Gasteiger partial charge in [-0.15, -0.1) is 0 Å². The first kappa shape index (κ1) is 19.0. The molecule has 1 aromatic heterocycles. The molecule has 0 spiro atoms. The van der Waals surface area contributed by atoms with E-state index >= 15 is 0 Å². The van der Waals surface area contributed by atoms with Crippen LogP contribution in [-0.4, -0.2) is 41.9 Å². The summed E-state index contributed by atoms with van der Waals surface area (Å²) in [5.74, 6) is -0.244. The number of methoxy groups -OCH3 is 1. The van der Waals surface area contributed by atoms with E-state index in [-0.39, 0.29) is 24.1 Å². The van der Waals surface area contributed by atoms with Crippen molar-refractivity contribution in [1.82, 2.24) is 9.88 Å². The number of amides is 2. The van der Waals surface area contributed by atoms with Gasteiger partial charge < -0.3 is 19.9 Å². The average molecular weight is 395 g/mol. The topological polar surface area (TPSA) is 74.4 Å². The number of H-pyrrole nitrogens is 1. The first-order valence-corrected chi connectivity index (χ1v) is 9.51. The van der Waals surface area contributed by atoms with E-state index in [4.69, 9.17) is 4.74 Å². The van der Waals surface area contributed by atoms with Crippen LogP contribution >= 0.6 is 0 Å². The van der Waals surface area contributed by atoms with Gasteiger partial charge in [-0.25, -0.2) is 4.39 Å². The van der Waals surface area contributed by atoms with Crippen LogP contribution in [0.4, 0.5) is 10.1 Å². The minimum atomic E-state index is -0.394. The van der Waals surface area contributed by atoms with Crippen molar-refractivity contribution in [3.05, 3.63) is 60.0 Å². The second kappa shape index (κ2) is 7.95. The predicted octanol–water partition coefficient (Wildman–Crippen LogP) is 3.35. The number of carbonyl (C=O) groups excluding carboxylic acids is 2. The lowest BCUT2D eigenvalue weighted by Gasteiger charge is -2.16. The van der Waals surface area contributed by atoms with Crippen LogP contribution in [0.1, 0.15) is 12.0 Å². The highest BCUT2D eigenvalue weighted by molar-refractivity contribution is 5.97. The van der Waals surface area contributed by atoms with Gasteiger partial charge in [0.2, 0.25) is 11.8 Å². The van der Waals surface area contributed by atoms with E-state index in [1.807, 2.05) is 6.20 Å². The van der Waals surface area contributed by atoms with Gasteiger partial charge in [0.05, 0.1) is 13.0 Å². The molecule has 1 atom stereocenters. The third-order valence-electron chi connectivity index (χ3n) is 5.30. The van der Waals surface area contributed by atoms with Crippen molar-refractivity contribution in [1.29, 1.82) is 0 Å². The normalized spacial score (nSPS) is 16.4. The number of halogens is 1. The number of rotatable bonds is 6. The smallest absolute Gasteiger partial charge is 0.229 e. The molecular formula is C22H22FN3O3. The number of aromatic amines is 1. The molecular weight excluding hydrogens is 373 g/mol. The molecule has 2 heterocycles. The van der Waals surface area contributed by atoms with E-state index in [0.717, 1.165) is 16.5 Å². The Bertz CT molecular complexity index is 1060. The second-order valence-corrected chi connectivity index (χ2v) is 7.22. The van der Waals surface area contributed by atoms with Crippen LogP contribution in [0.2, 0.25) is 0 Å². The molecule has 0 bridgehead atoms. The third-order valence-corrected chi connectivity index (χ3v) is 5.30. The Morgan fingerprint density at radius 1 is 1.31 bits per heavy atom. The second-order valence-electron chi connectivity index (χ2n) is 7.22. The summed E-state index contributed by atoms with van der Waals surface area (Å²) in [6.45, 7) is 0.872. The minimum Gasteiger partial charge on any atom is -0.497 e. The van der Waals surface area contributed by atoms with Crippen LogP contribution < -0.4 is 10.1 Å². The zero-order chi connectivity index (χ0) is 20.4. The van der Waals surface area contributed by atoms with Crippen molar-refractivity contribution in [2.45, 2.75) is 12.8 Å². The minimum absolute atomic E-state index is 0.0400. The number of nitrogens with zero attached hydrogens (tertiary/aromatic N) is 1. The van der Waals surface area contributed by atoms with Crippen LogP contribution in [0.15, 0.2) is 48.7 Å². The highest BCUT2D eigenvalue weighted by atomic mass is 19.1. The first-order valence-electron chi connectivity index (χ1n) is 9.51. The Balaban J connectivity index is 1.37. The fourth-order valence-corrected chi connectivity index (χ4v) is 3.72. The number of carbonyl (C=O) groups is 2. The number of anilines is 1. The van der Waals surface area contributed by atoms with Gasteiger partial charge in [0.15, 0.2) is 0 Å². The monoisotopic (exact) mass is 395 g/mol. The first-order chi connectivity index (χ1) is 14.0. The van der Waals surface area contributed by atoms with E-state index in [1.54, 1.807) is 42.3 Å². The maximum atomic E-state index is 13.5. The number of nitrogens with one attached hydrogen (secondary N) is 2. The highest BCUT2D eigenvalue weighted by Gasteiger charge is 2.34. The Morgan fingerprint density at radius 3 is 3.00 bits per heavy atom. The van der Waals surface area contributed by atoms with Gasteiger partial charge in [-0.05, 0) is 42.3 Å². The summed E-state index contributed by atoms with van der Waals surface area (Å²) in [5.41, 5.74) is 2.46. The van der Waals surface area contributed by atoms with Gasteiger partial charge in [-0.3, -0.25) is 9.59 Å². The Morgan fingerprint density at radius 2 is 2.17 bits per heavy atom. The average Bonchev–Trinajstić information content (AvgIpc) is 3.29. The number of benzene rings is 2. The van der Waals surface area contributed by atoms with Crippen molar-refractivity contribution in [3.8, 4) is 5.75 Å². The van der Waals surface area contributed by atoms with Gasteiger partial charge in [-0.1, -0.05) is 6.07 Å². The number of aromatic nitrogens is 1. The van der Waals surface area contributed by atoms with Crippen molar-refractivity contribution in [3.63, 3.8) is 0 Å². The van der Waals surface area contributed by atoms with Crippen molar-refractivity contribution in [2.75, 3.05) is 25.5 Å². The molecule has 4 rings (SSSR count). The van der Waals surface area contributed by atoms with Crippen LogP contribution in [0.5, 0.6) is 5.75 Å². The van der Waals surface area contributed by atoms with Crippen LogP contribution in [0.3, 0.4) is 0 Å². The molecule has 1 aliphatic heterocycles. The molecule has 7 heteroatoms. The molecule has 2 aromatic carbocycles. The lowest BCUT2D eigenvalue weighted by atomic mass is 10.1. The summed E-state index contributed by atoms with van der Waals surface area (Å²) in [7, 11) is 1.57. The molecule has 29 heavy (non-hydrogen) atoms. The van der Waals surface area contributed by atoms with E-state index in [1.165, 1.54) is 12.1 Å². The molecule has 0 radical (unpaired) electrons. The highest BCUT2D eigenvalue weighted by Crippen LogP contribution is 2.24. The third kappa shape index (κ3) is 4.08. The Hall–Kier alpha value is -3.35. The number of hydrogen-bond donors (Lipinski definition) is 2. The number of fused-ring (bicyclic) bond motifs is 1. The lowest BCUT2D eigenvalue weighted by Crippen LogP contribution is -2.30. The molecule has 0 saturated carbocycles. The molecule has 150 valence electrons. The Labute approximate surface area is 167 Å². The number of ether oxygens (including phenoxy) is 1. The fraction of sp³-hybridized carbons (Fsp3) is 0.273. The summed E-state index contributed by atoms with van der Waals surface area (Å²) in [5, 5.41) is 3.68. The molecule has 3 aromatic rings. The summed E-state index contributed by atoms with van der Waals surface area (Å²) >= 11 is 0. The number of hydrogen-bond acceptors (Lipinski definition) is 3. The van der Waals surface area contributed by atoms with E-state index < -0.39 is 5.92 Å². The molecule has 2 amide bonds. The standard InChI is InChI=1S/C22H22FN3O3/c1-29-18-4-2-3-17(11-18)25-22(28)15-9-21(27)26(13-15)8-7-14-12-24-20-6-5-16(23)10-19(14)20/h2-6,10-12,15,24H,7-9,13H2,1H3,(H,25,28)/t15-/m1/s1. The van der Waals surface area contributed by atoms with Crippen LogP contribution in [-0.2, 0) is 16.0 Å². The number of likely N-dealkylation sites (tertiary alicyclic amines) is 1. The maximum Gasteiger partial charge on any atom is 0.229 e. The molecule has 1 saturated heterocycles. The molecule has 2 N–H and O–H groups in total. The zero-order valence-electron chi connectivity index (χ0n) is 16.1.